The maximum atomic E-state index is 13.1. The lowest BCUT2D eigenvalue weighted by atomic mass is 10.2. The summed E-state index contributed by atoms with van der Waals surface area (Å²) in [5, 5.41) is 0. The van der Waals surface area contributed by atoms with Crippen molar-refractivity contribution in [2.45, 2.75) is 23.9 Å². The number of nitrogens with one attached hydrogen (secondary N) is 1. The Hall–Kier alpha value is -2.55. The van der Waals surface area contributed by atoms with Crippen molar-refractivity contribution >= 4 is 27.3 Å². The average molecular weight is 384 g/mol. The van der Waals surface area contributed by atoms with Crippen LogP contribution in [0.1, 0.15) is 18.4 Å². The third-order valence-electron chi connectivity index (χ3n) is 3.99. The van der Waals surface area contributed by atoms with E-state index in [2.05, 4.69) is 4.72 Å². The Morgan fingerprint density at radius 3 is 2.31 bits per heavy atom. The molecule has 5 nitrogen and oxygen atoms in total. The van der Waals surface area contributed by atoms with Gasteiger partial charge in [-0.15, -0.1) is 0 Å². The second-order valence-electron chi connectivity index (χ2n) is 5.77. The minimum absolute atomic E-state index is 0.0553. The average Bonchev–Trinajstić information content (AvgIpc) is 3.00. The van der Waals surface area contributed by atoms with Gasteiger partial charge in [0.05, 0.1) is 21.8 Å². The van der Waals surface area contributed by atoms with Gasteiger partial charge in [0.2, 0.25) is 5.91 Å². The van der Waals surface area contributed by atoms with Crippen LogP contribution in [-0.4, -0.2) is 20.9 Å². The third kappa shape index (κ3) is 3.52. The van der Waals surface area contributed by atoms with Crippen LogP contribution in [0.25, 0.3) is 0 Å². The molecule has 26 heavy (non-hydrogen) atoms. The van der Waals surface area contributed by atoms with E-state index in [1.165, 1.54) is 23.1 Å². The molecule has 1 aliphatic heterocycles. The summed E-state index contributed by atoms with van der Waals surface area (Å²) < 4.78 is 66.8. The molecule has 9 heteroatoms. The van der Waals surface area contributed by atoms with Crippen molar-refractivity contribution in [2.75, 3.05) is 16.2 Å². The standard InChI is InChI=1S/C17H15F3N2O3S/c18-17(19,20)12-6-1-4-9-15(12)26(24,25)21-13-7-2-3-8-14(13)22-11-5-10-16(22)23/h1-4,6-9,21H,5,10-11H2. The zero-order valence-corrected chi connectivity index (χ0v) is 14.3. The monoisotopic (exact) mass is 384 g/mol. The van der Waals surface area contributed by atoms with Crippen LogP contribution in [0.5, 0.6) is 0 Å². The molecule has 3 rings (SSSR count). The third-order valence-corrected chi connectivity index (χ3v) is 5.42. The van der Waals surface area contributed by atoms with Gasteiger partial charge < -0.3 is 4.90 Å². The van der Waals surface area contributed by atoms with Gasteiger partial charge in [0.1, 0.15) is 0 Å². The van der Waals surface area contributed by atoms with E-state index in [0.717, 1.165) is 12.1 Å². The molecule has 1 amide bonds. The van der Waals surface area contributed by atoms with Crippen molar-refractivity contribution in [3.8, 4) is 0 Å². The van der Waals surface area contributed by atoms with Gasteiger partial charge in [-0.2, -0.15) is 13.2 Å². The lowest BCUT2D eigenvalue weighted by molar-refractivity contribution is -0.139. The molecular weight excluding hydrogens is 369 g/mol. The van der Waals surface area contributed by atoms with E-state index in [1.807, 2.05) is 0 Å². The molecule has 2 aromatic rings. The number of hydrogen-bond acceptors (Lipinski definition) is 3. The Morgan fingerprint density at radius 2 is 1.65 bits per heavy atom. The molecule has 0 aliphatic carbocycles. The van der Waals surface area contributed by atoms with Crippen LogP contribution in [0, 0.1) is 0 Å². The zero-order valence-electron chi connectivity index (χ0n) is 13.5. The van der Waals surface area contributed by atoms with Gasteiger partial charge in [-0.3, -0.25) is 9.52 Å². The Morgan fingerprint density at radius 1 is 1.00 bits per heavy atom. The number of rotatable bonds is 4. The molecule has 1 fully saturated rings. The highest BCUT2D eigenvalue weighted by Gasteiger charge is 2.37. The summed E-state index contributed by atoms with van der Waals surface area (Å²) >= 11 is 0. The Kier molecular flexibility index (Phi) is 4.66. The van der Waals surface area contributed by atoms with Gasteiger partial charge in [0, 0.05) is 13.0 Å². The number of benzene rings is 2. The van der Waals surface area contributed by atoms with Gasteiger partial charge in [-0.05, 0) is 30.7 Å². The number of amides is 1. The number of nitrogens with zero attached hydrogens (tertiary/aromatic N) is 1. The van der Waals surface area contributed by atoms with Gasteiger partial charge in [-0.25, -0.2) is 8.42 Å². The van der Waals surface area contributed by atoms with E-state index < -0.39 is 26.7 Å². The lowest BCUT2D eigenvalue weighted by Crippen LogP contribution is -2.26. The molecule has 2 aromatic carbocycles. The van der Waals surface area contributed by atoms with E-state index >= 15 is 0 Å². The number of halogens is 3. The predicted octanol–water partition coefficient (Wildman–Crippen LogP) is 3.63. The summed E-state index contributed by atoms with van der Waals surface area (Å²) in [5.74, 6) is -0.160. The van der Waals surface area contributed by atoms with Gasteiger partial charge in [0.15, 0.2) is 0 Å². The molecule has 0 saturated carbocycles. The van der Waals surface area contributed by atoms with Crippen LogP contribution in [-0.2, 0) is 21.0 Å². The van der Waals surface area contributed by atoms with Crippen molar-refractivity contribution in [3.63, 3.8) is 0 Å². The zero-order chi connectivity index (χ0) is 18.9. The van der Waals surface area contributed by atoms with Crippen LogP contribution in [0.4, 0.5) is 24.5 Å². The molecular formula is C17H15F3N2O3S. The molecule has 0 atom stereocenters. The molecule has 0 aromatic heterocycles. The maximum absolute atomic E-state index is 13.1. The second kappa shape index (κ2) is 6.64. The second-order valence-corrected chi connectivity index (χ2v) is 7.42. The van der Waals surface area contributed by atoms with Gasteiger partial charge in [-0.1, -0.05) is 24.3 Å². The number of sulfonamides is 1. The number of anilines is 2. The fraction of sp³-hybridized carbons (Fsp3) is 0.235. The van der Waals surface area contributed by atoms with Crippen molar-refractivity contribution in [1.82, 2.24) is 0 Å². The number of hydrogen-bond donors (Lipinski definition) is 1. The van der Waals surface area contributed by atoms with Crippen molar-refractivity contribution in [2.24, 2.45) is 0 Å². The minimum atomic E-state index is -4.81. The quantitative estimate of drug-likeness (QED) is 0.875. The molecule has 0 unspecified atom stereocenters. The van der Waals surface area contributed by atoms with Gasteiger partial charge in [0.25, 0.3) is 10.0 Å². The van der Waals surface area contributed by atoms with E-state index in [0.29, 0.717) is 31.1 Å². The first-order valence-corrected chi connectivity index (χ1v) is 9.27. The summed E-state index contributed by atoms with van der Waals surface area (Å²) in [6.07, 6.45) is -3.83. The number of para-hydroxylation sites is 2. The van der Waals surface area contributed by atoms with Crippen molar-refractivity contribution in [1.29, 1.82) is 0 Å². The molecule has 138 valence electrons. The summed E-state index contributed by atoms with van der Waals surface area (Å²) in [6.45, 7) is 0.427. The number of carbonyl (C=O) groups is 1. The molecule has 0 bridgehead atoms. The summed E-state index contributed by atoms with van der Waals surface area (Å²) in [7, 11) is -4.50. The summed E-state index contributed by atoms with van der Waals surface area (Å²) in [6, 6.07) is 10.1. The van der Waals surface area contributed by atoms with Crippen molar-refractivity contribution in [3.05, 3.63) is 54.1 Å². The Labute approximate surface area is 148 Å². The molecule has 1 N–H and O–H groups in total. The van der Waals surface area contributed by atoms with Crippen LogP contribution < -0.4 is 9.62 Å². The normalized spacial score (nSPS) is 15.3. The van der Waals surface area contributed by atoms with Crippen LogP contribution in [0.2, 0.25) is 0 Å². The molecule has 1 saturated heterocycles. The maximum Gasteiger partial charge on any atom is 0.417 e. The topological polar surface area (TPSA) is 66.5 Å². The highest BCUT2D eigenvalue weighted by Crippen LogP contribution is 2.36. The minimum Gasteiger partial charge on any atom is -0.310 e. The lowest BCUT2D eigenvalue weighted by Gasteiger charge is -2.21. The smallest absolute Gasteiger partial charge is 0.310 e. The molecule has 1 aliphatic rings. The first kappa shape index (κ1) is 18.2. The van der Waals surface area contributed by atoms with Crippen LogP contribution in [0.3, 0.4) is 0 Å². The van der Waals surface area contributed by atoms with Gasteiger partial charge >= 0.3 is 6.18 Å². The first-order chi connectivity index (χ1) is 12.2. The number of carbonyl (C=O) groups excluding carboxylic acids is 1. The highest BCUT2D eigenvalue weighted by molar-refractivity contribution is 7.92. The van der Waals surface area contributed by atoms with Crippen LogP contribution in [0.15, 0.2) is 53.4 Å². The van der Waals surface area contributed by atoms with E-state index in [9.17, 15) is 26.4 Å². The Bertz CT molecular complexity index is 942. The molecule has 0 radical (unpaired) electrons. The highest BCUT2D eigenvalue weighted by atomic mass is 32.2. The Balaban J connectivity index is 2.01. The fourth-order valence-electron chi connectivity index (χ4n) is 2.83. The van der Waals surface area contributed by atoms with E-state index in [1.54, 1.807) is 12.1 Å². The predicted molar refractivity (Wildman–Crippen MR) is 90.3 cm³/mol. The fourth-order valence-corrected chi connectivity index (χ4v) is 4.14. The van der Waals surface area contributed by atoms with E-state index in [4.69, 9.17) is 0 Å². The van der Waals surface area contributed by atoms with Crippen LogP contribution >= 0.6 is 0 Å². The molecule has 0 spiro atoms. The van der Waals surface area contributed by atoms with Crippen molar-refractivity contribution < 1.29 is 26.4 Å². The first-order valence-electron chi connectivity index (χ1n) is 7.78. The SMILES string of the molecule is O=C1CCCN1c1ccccc1NS(=O)(=O)c1ccccc1C(F)(F)F. The molecule has 1 heterocycles. The summed E-state index contributed by atoms with van der Waals surface area (Å²) in [4.78, 5) is 12.5. The van der Waals surface area contributed by atoms with E-state index in [-0.39, 0.29) is 11.6 Å². The largest absolute Gasteiger partial charge is 0.417 e. The summed E-state index contributed by atoms with van der Waals surface area (Å²) in [5.41, 5.74) is -0.870. The number of alkyl halides is 3.